The van der Waals surface area contributed by atoms with Crippen molar-refractivity contribution in [3.8, 4) is 6.07 Å². The zero-order valence-electron chi connectivity index (χ0n) is 10.6. The molecule has 96 valence electrons. The summed E-state index contributed by atoms with van der Waals surface area (Å²) in [5.74, 6) is -0.284. The number of amides is 1. The average Bonchev–Trinajstić information content (AvgIpc) is 2.29. The molecule has 0 aromatic heterocycles. The summed E-state index contributed by atoms with van der Waals surface area (Å²) in [6.07, 6.45) is 0. The Morgan fingerprint density at radius 1 is 1.50 bits per heavy atom. The summed E-state index contributed by atoms with van der Waals surface area (Å²) < 4.78 is 0. The molecule has 1 atom stereocenters. The van der Waals surface area contributed by atoms with E-state index < -0.39 is 6.04 Å². The molecule has 4 nitrogen and oxygen atoms in total. The van der Waals surface area contributed by atoms with Crippen LogP contribution in [-0.4, -0.2) is 11.9 Å². The van der Waals surface area contributed by atoms with Gasteiger partial charge in [-0.1, -0.05) is 32.4 Å². The fourth-order valence-electron chi connectivity index (χ4n) is 1.30. The van der Waals surface area contributed by atoms with Crippen molar-refractivity contribution in [1.82, 2.24) is 0 Å². The van der Waals surface area contributed by atoms with Crippen molar-refractivity contribution in [2.75, 3.05) is 5.32 Å². The molecular weight excluding hydrogens is 250 g/mol. The van der Waals surface area contributed by atoms with Crippen molar-refractivity contribution >= 4 is 23.2 Å². The third kappa shape index (κ3) is 3.46. The van der Waals surface area contributed by atoms with E-state index in [-0.39, 0.29) is 11.3 Å². The molecule has 0 fully saturated rings. The molecule has 0 aliphatic carbocycles. The molecule has 0 spiro atoms. The lowest BCUT2D eigenvalue weighted by atomic mass is 9.87. The number of nitrogens with one attached hydrogen (secondary N) is 1. The van der Waals surface area contributed by atoms with Gasteiger partial charge in [0.25, 0.3) is 0 Å². The van der Waals surface area contributed by atoms with Gasteiger partial charge in [0.15, 0.2) is 0 Å². The maximum Gasteiger partial charge on any atom is 0.241 e. The fourth-order valence-corrected chi connectivity index (χ4v) is 1.46. The van der Waals surface area contributed by atoms with Gasteiger partial charge >= 0.3 is 0 Å². The Labute approximate surface area is 112 Å². The van der Waals surface area contributed by atoms with E-state index in [0.29, 0.717) is 16.3 Å². The van der Waals surface area contributed by atoms with E-state index in [9.17, 15) is 4.79 Å². The number of hydrogen-bond acceptors (Lipinski definition) is 3. The first-order chi connectivity index (χ1) is 8.25. The lowest BCUT2D eigenvalue weighted by molar-refractivity contribution is -0.119. The summed E-state index contributed by atoms with van der Waals surface area (Å²) in [5.41, 5.74) is 6.35. The number of carbonyl (C=O) groups is 1. The molecule has 0 aliphatic heterocycles. The fraction of sp³-hybridized carbons (Fsp3) is 0.385. The Balaban J connectivity index is 2.87. The van der Waals surface area contributed by atoms with Gasteiger partial charge in [0.05, 0.1) is 16.6 Å². The highest BCUT2D eigenvalue weighted by Crippen LogP contribution is 2.22. The second-order valence-electron chi connectivity index (χ2n) is 5.14. The molecule has 1 amide bonds. The lowest BCUT2D eigenvalue weighted by Crippen LogP contribution is -2.45. The molecule has 0 radical (unpaired) electrons. The highest BCUT2D eigenvalue weighted by atomic mass is 35.5. The first-order valence-electron chi connectivity index (χ1n) is 5.52. The van der Waals surface area contributed by atoms with Crippen molar-refractivity contribution in [3.63, 3.8) is 0 Å². The first-order valence-corrected chi connectivity index (χ1v) is 5.89. The molecule has 0 unspecified atom stereocenters. The number of benzene rings is 1. The minimum atomic E-state index is -0.626. The van der Waals surface area contributed by atoms with Gasteiger partial charge in [-0.05, 0) is 23.6 Å². The normalized spacial score (nSPS) is 12.7. The van der Waals surface area contributed by atoms with Crippen molar-refractivity contribution in [1.29, 1.82) is 5.26 Å². The molecule has 1 aromatic carbocycles. The number of nitrogens with zero attached hydrogens (tertiary/aromatic N) is 1. The number of anilines is 1. The SMILES string of the molecule is CC(C)(C)[C@@H](N)C(=O)Nc1ccc(Cl)c(C#N)c1. The number of carbonyl (C=O) groups excluding carboxylic acids is 1. The predicted octanol–water partition coefficient (Wildman–Crippen LogP) is 2.52. The predicted molar refractivity (Wildman–Crippen MR) is 72.2 cm³/mol. The Morgan fingerprint density at radius 2 is 2.11 bits per heavy atom. The monoisotopic (exact) mass is 265 g/mol. The van der Waals surface area contributed by atoms with Gasteiger partial charge in [-0.15, -0.1) is 0 Å². The number of hydrogen-bond donors (Lipinski definition) is 2. The molecule has 0 bridgehead atoms. The minimum absolute atomic E-state index is 0.284. The van der Waals surface area contributed by atoms with E-state index in [1.165, 1.54) is 6.07 Å². The van der Waals surface area contributed by atoms with Gasteiger partial charge < -0.3 is 11.1 Å². The van der Waals surface area contributed by atoms with Gasteiger partial charge in [-0.2, -0.15) is 5.26 Å². The molecule has 18 heavy (non-hydrogen) atoms. The number of nitriles is 1. The summed E-state index contributed by atoms with van der Waals surface area (Å²) >= 11 is 5.81. The molecule has 0 aliphatic rings. The molecule has 0 saturated carbocycles. The second-order valence-corrected chi connectivity index (χ2v) is 5.55. The van der Waals surface area contributed by atoms with Gasteiger partial charge in [-0.25, -0.2) is 0 Å². The van der Waals surface area contributed by atoms with Crippen LogP contribution in [0.2, 0.25) is 5.02 Å². The van der Waals surface area contributed by atoms with Crippen molar-refractivity contribution in [3.05, 3.63) is 28.8 Å². The van der Waals surface area contributed by atoms with Crippen LogP contribution in [0.15, 0.2) is 18.2 Å². The number of nitrogens with two attached hydrogens (primary N) is 1. The summed E-state index contributed by atoms with van der Waals surface area (Å²) in [7, 11) is 0. The lowest BCUT2D eigenvalue weighted by Gasteiger charge is -2.25. The maximum absolute atomic E-state index is 11.9. The first kappa shape index (κ1) is 14.5. The van der Waals surface area contributed by atoms with Crippen LogP contribution in [0.5, 0.6) is 0 Å². The highest BCUT2D eigenvalue weighted by molar-refractivity contribution is 6.31. The van der Waals surface area contributed by atoms with Crippen LogP contribution >= 0.6 is 11.6 Å². The zero-order valence-corrected chi connectivity index (χ0v) is 11.4. The van der Waals surface area contributed by atoms with Gasteiger partial charge in [0.2, 0.25) is 5.91 Å². The maximum atomic E-state index is 11.9. The molecule has 0 heterocycles. The summed E-state index contributed by atoms with van der Waals surface area (Å²) in [5, 5.41) is 11.9. The molecule has 3 N–H and O–H groups in total. The minimum Gasteiger partial charge on any atom is -0.325 e. The number of rotatable bonds is 2. The smallest absolute Gasteiger partial charge is 0.241 e. The van der Waals surface area contributed by atoms with E-state index >= 15 is 0 Å². The van der Waals surface area contributed by atoms with E-state index in [0.717, 1.165) is 0 Å². The van der Waals surface area contributed by atoms with Crippen LogP contribution in [0, 0.1) is 16.7 Å². The van der Waals surface area contributed by atoms with Gasteiger partial charge in [-0.3, -0.25) is 4.79 Å². The van der Waals surface area contributed by atoms with Crippen LogP contribution in [-0.2, 0) is 4.79 Å². The van der Waals surface area contributed by atoms with Crippen LogP contribution in [0.1, 0.15) is 26.3 Å². The third-order valence-corrected chi connectivity index (χ3v) is 2.90. The Kier molecular flexibility index (Phi) is 4.33. The largest absolute Gasteiger partial charge is 0.325 e. The van der Waals surface area contributed by atoms with Crippen molar-refractivity contribution in [2.24, 2.45) is 11.1 Å². The zero-order chi connectivity index (χ0) is 13.9. The van der Waals surface area contributed by atoms with E-state index in [4.69, 9.17) is 22.6 Å². The van der Waals surface area contributed by atoms with Crippen LogP contribution < -0.4 is 11.1 Å². The van der Waals surface area contributed by atoms with Gasteiger partial charge in [0.1, 0.15) is 6.07 Å². The van der Waals surface area contributed by atoms with Crippen molar-refractivity contribution in [2.45, 2.75) is 26.8 Å². The van der Waals surface area contributed by atoms with Gasteiger partial charge in [0, 0.05) is 5.69 Å². The molecule has 1 aromatic rings. The summed E-state index contributed by atoms with van der Waals surface area (Å²) in [6.45, 7) is 5.67. The molecule has 1 rings (SSSR count). The second kappa shape index (κ2) is 5.38. The average molecular weight is 266 g/mol. The molecule has 5 heteroatoms. The summed E-state index contributed by atoms with van der Waals surface area (Å²) in [4.78, 5) is 11.9. The standard InChI is InChI=1S/C13H16ClN3O/c1-13(2,3)11(16)12(18)17-9-4-5-10(14)8(6-9)7-15/h4-6,11H,16H2,1-3H3,(H,17,18)/t11-/m0/s1. The number of halogens is 1. The van der Waals surface area contributed by atoms with Crippen LogP contribution in [0.4, 0.5) is 5.69 Å². The Morgan fingerprint density at radius 3 is 2.61 bits per heavy atom. The third-order valence-electron chi connectivity index (χ3n) is 2.57. The van der Waals surface area contributed by atoms with Crippen molar-refractivity contribution < 1.29 is 4.79 Å². The Bertz CT molecular complexity index is 500. The van der Waals surface area contributed by atoms with Crippen LogP contribution in [0.3, 0.4) is 0 Å². The quantitative estimate of drug-likeness (QED) is 0.862. The highest BCUT2D eigenvalue weighted by Gasteiger charge is 2.27. The van der Waals surface area contributed by atoms with E-state index in [1.807, 2.05) is 26.8 Å². The summed E-state index contributed by atoms with van der Waals surface area (Å²) in [6, 6.07) is 6.05. The Hall–Kier alpha value is -1.57. The van der Waals surface area contributed by atoms with E-state index in [1.54, 1.807) is 12.1 Å². The van der Waals surface area contributed by atoms with Crippen LogP contribution in [0.25, 0.3) is 0 Å². The topological polar surface area (TPSA) is 78.9 Å². The van der Waals surface area contributed by atoms with E-state index in [2.05, 4.69) is 5.32 Å². The molecular formula is C13H16ClN3O. The molecule has 0 saturated heterocycles.